The molecular weight excluding hydrogens is 176 g/mol. The van der Waals surface area contributed by atoms with Crippen LogP contribution in [-0.2, 0) is 4.79 Å². The number of nitrogens with zero attached hydrogens (tertiary/aromatic N) is 1. The van der Waals surface area contributed by atoms with E-state index in [4.69, 9.17) is 6.42 Å². The first-order valence-electron chi connectivity index (χ1n) is 4.79. The summed E-state index contributed by atoms with van der Waals surface area (Å²) in [5, 5.41) is 2.95. The Morgan fingerprint density at radius 3 is 2.93 bits per heavy atom. The lowest BCUT2D eigenvalue weighted by molar-refractivity contribution is -0.129. The van der Waals surface area contributed by atoms with Gasteiger partial charge in [-0.25, -0.2) is 0 Å². The molecule has 0 saturated heterocycles. The first-order chi connectivity index (χ1) is 6.76. The lowest BCUT2D eigenvalue weighted by atomic mass is 10.3. The van der Waals surface area contributed by atoms with Crippen LogP contribution < -0.4 is 5.32 Å². The molecule has 0 heterocycles. The second-order valence-corrected chi connectivity index (χ2v) is 2.94. The summed E-state index contributed by atoms with van der Waals surface area (Å²) in [5.74, 6) is 2.53. The van der Waals surface area contributed by atoms with E-state index in [1.165, 1.54) is 0 Å². The summed E-state index contributed by atoms with van der Waals surface area (Å²) in [4.78, 5) is 13.2. The minimum Gasteiger partial charge on any atom is -0.330 e. The highest BCUT2D eigenvalue weighted by atomic mass is 16.2. The molecule has 1 amide bonds. The summed E-state index contributed by atoms with van der Waals surface area (Å²) in [6.07, 6.45) is 7.82. The molecule has 0 saturated carbocycles. The van der Waals surface area contributed by atoms with E-state index in [1.807, 2.05) is 6.92 Å². The van der Waals surface area contributed by atoms with Crippen LogP contribution in [0.5, 0.6) is 0 Å². The Bertz CT molecular complexity index is 218. The predicted octanol–water partition coefficient (Wildman–Crippen LogP) is 0.634. The second kappa shape index (κ2) is 8.33. The molecule has 0 aliphatic carbocycles. The van der Waals surface area contributed by atoms with Crippen molar-refractivity contribution in [2.24, 2.45) is 0 Å². The largest absolute Gasteiger partial charge is 0.330 e. The van der Waals surface area contributed by atoms with E-state index in [2.05, 4.69) is 17.8 Å². The Kier molecular flexibility index (Phi) is 7.58. The summed E-state index contributed by atoms with van der Waals surface area (Å²) in [6, 6.07) is 0. The highest BCUT2D eigenvalue weighted by Gasteiger charge is 2.09. The number of hydrogen-bond acceptors (Lipinski definition) is 2. The van der Waals surface area contributed by atoms with Gasteiger partial charge in [-0.15, -0.1) is 13.0 Å². The molecule has 0 aromatic rings. The van der Waals surface area contributed by atoms with Gasteiger partial charge in [0.1, 0.15) is 0 Å². The zero-order valence-electron chi connectivity index (χ0n) is 8.75. The molecule has 0 bridgehead atoms. The molecule has 0 radical (unpaired) electrons. The minimum absolute atomic E-state index is 0.0478. The molecule has 0 aromatic heterocycles. The van der Waals surface area contributed by atoms with Crippen molar-refractivity contribution in [1.82, 2.24) is 10.2 Å². The van der Waals surface area contributed by atoms with Gasteiger partial charge in [-0.2, -0.15) is 0 Å². The molecule has 0 spiro atoms. The van der Waals surface area contributed by atoms with E-state index in [0.717, 1.165) is 13.0 Å². The molecular formula is C11H18N2O. The summed E-state index contributed by atoms with van der Waals surface area (Å²) < 4.78 is 0. The standard InChI is InChI=1S/C11H18N2O/c1-4-7-12-10-11(14)13(8-5-2)9-6-3/h2,4,12H,1,6-10H2,3H3. The quantitative estimate of drug-likeness (QED) is 0.366. The fraction of sp³-hybridized carbons (Fsp3) is 0.545. The molecule has 0 aromatic carbocycles. The van der Waals surface area contributed by atoms with Crippen LogP contribution in [0.2, 0.25) is 0 Å². The van der Waals surface area contributed by atoms with Gasteiger partial charge in [0.2, 0.25) is 5.91 Å². The van der Waals surface area contributed by atoms with Crippen molar-refractivity contribution in [3.8, 4) is 12.3 Å². The fourth-order valence-electron chi connectivity index (χ4n) is 1.07. The van der Waals surface area contributed by atoms with Gasteiger partial charge < -0.3 is 10.2 Å². The first-order valence-corrected chi connectivity index (χ1v) is 4.79. The van der Waals surface area contributed by atoms with E-state index in [1.54, 1.807) is 11.0 Å². The minimum atomic E-state index is 0.0478. The van der Waals surface area contributed by atoms with Crippen LogP contribution in [0.4, 0.5) is 0 Å². The molecule has 0 unspecified atom stereocenters. The van der Waals surface area contributed by atoms with E-state index in [-0.39, 0.29) is 5.91 Å². The SMILES string of the molecule is C#CCN(CCC)C(=O)CNCC=C. The Morgan fingerprint density at radius 2 is 2.43 bits per heavy atom. The van der Waals surface area contributed by atoms with Crippen molar-refractivity contribution in [3.05, 3.63) is 12.7 Å². The van der Waals surface area contributed by atoms with Crippen LogP contribution >= 0.6 is 0 Å². The van der Waals surface area contributed by atoms with Gasteiger partial charge in [0, 0.05) is 13.1 Å². The van der Waals surface area contributed by atoms with Crippen molar-refractivity contribution in [2.45, 2.75) is 13.3 Å². The van der Waals surface area contributed by atoms with Crippen molar-refractivity contribution < 1.29 is 4.79 Å². The third kappa shape index (κ3) is 5.39. The van der Waals surface area contributed by atoms with Gasteiger partial charge in [0.15, 0.2) is 0 Å². The fourth-order valence-corrected chi connectivity index (χ4v) is 1.07. The van der Waals surface area contributed by atoms with Crippen molar-refractivity contribution >= 4 is 5.91 Å². The summed E-state index contributed by atoms with van der Waals surface area (Å²) in [6.45, 7) is 7.66. The molecule has 0 rings (SSSR count). The number of carbonyl (C=O) groups is 1. The van der Waals surface area contributed by atoms with Crippen LogP contribution in [0.15, 0.2) is 12.7 Å². The maximum Gasteiger partial charge on any atom is 0.237 e. The smallest absolute Gasteiger partial charge is 0.237 e. The van der Waals surface area contributed by atoms with Crippen LogP contribution in [0.3, 0.4) is 0 Å². The van der Waals surface area contributed by atoms with E-state index in [0.29, 0.717) is 19.6 Å². The van der Waals surface area contributed by atoms with Crippen LogP contribution in [0, 0.1) is 12.3 Å². The summed E-state index contributed by atoms with van der Waals surface area (Å²) in [5.41, 5.74) is 0. The summed E-state index contributed by atoms with van der Waals surface area (Å²) in [7, 11) is 0. The summed E-state index contributed by atoms with van der Waals surface area (Å²) >= 11 is 0. The van der Waals surface area contributed by atoms with E-state index in [9.17, 15) is 4.79 Å². The van der Waals surface area contributed by atoms with Gasteiger partial charge in [-0.3, -0.25) is 4.79 Å². The predicted molar refractivity (Wildman–Crippen MR) is 58.8 cm³/mol. The number of nitrogens with one attached hydrogen (secondary N) is 1. The molecule has 14 heavy (non-hydrogen) atoms. The van der Waals surface area contributed by atoms with Gasteiger partial charge in [-0.05, 0) is 6.42 Å². The number of hydrogen-bond donors (Lipinski definition) is 1. The maximum atomic E-state index is 11.5. The van der Waals surface area contributed by atoms with Gasteiger partial charge in [0.25, 0.3) is 0 Å². The average Bonchev–Trinajstić information content (AvgIpc) is 2.18. The zero-order chi connectivity index (χ0) is 10.8. The average molecular weight is 194 g/mol. The Balaban J connectivity index is 3.89. The molecule has 0 fully saturated rings. The molecule has 78 valence electrons. The number of rotatable bonds is 7. The Labute approximate surface area is 86.2 Å². The third-order valence-corrected chi connectivity index (χ3v) is 1.69. The van der Waals surface area contributed by atoms with Crippen molar-refractivity contribution in [2.75, 3.05) is 26.2 Å². The highest BCUT2D eigenvalue weighted by Crippen LogP contribution is 1.91. The van der Waals surface area contributed by atoms with Gasteiger partial charge in [0.05, 0.1) is 13.1 Å². The van der Waals surface area contributed by atoms with Crippen LogP contribution in [-0.4, -0.2) is 37.0 Å². The molecule has 1 N–H and O–H groups in total. The zero-order valence-corrected chi connectivity index (χ0v) is 8.75. The topological polar surface area (TPSA) is 32.3 Å². The molecule has 3 nitrogen and oxygen atoms in total. The first kappa shape index (κ1) is 12.7. The monoisotopic (exact) mass is 194 g/mol. The third-order valence-electron chi connectivity index (χ3n) is 1.69. The van der Waals surface area contributed by atoms with Crippen LogP contribution in [0.25, 0.3) is 0 Å². The lowest BCUT2D eigenvalue weighted by Crippen LogP contribution is -2.38. The van der Waals surface area contributed by atoms with E-state index < -0.39 is 0 Å². The number of carbonyl (C=O) groups excluding carboxylic acids is 1. The molecule has 3 heteroatoms. The molecule has 0 atom stereocenters. The molecule has 0 aliphatic rings. The lowest BCUT2D eigenvalue weighted by Gasteiger charge is -2.19. The van der Waals surface area contributed by atoms with Gasteiger partial charge >= 0.3 is 0 Å². The Morgan fingerprint density at radius 1 is 1.71 bits per heavy atom. The second-order valence-electron chi connectivity index (χ2n) is 2.94. The van der Waals surface area contributed by atoms with Gasteiger partial charge in [-0.1, -0.05) is 18.9 Å². The van der Waals surface area contributed by atoms with Crippen LogP contribution in [0.1, 0.15) is 13.3 Å². The molecule has 0 aliphatic heterocycles. The Hall–Kier alpha value is -1.27. The van der Waals surface area contributed by atoms with Crippen molar-refractivity contribution in [3.63, 3.8) is 0 Å². The number of amides is 1. The van der Waals surface area contributed by atoms with Crippen molar-refractivity contribution in [1.29, 1.82) is 0 Å². The maximum absolute atomic E-state index is 11.5. The van der Waals surface area contributed by atoms with E-state index >= 15 is 0 Å². The highest BCUT2D eigenvalue weighted by molar-refractivity contribution is 5.78. The normalized spacial score (nSPS) is 9.14. The number of terminal acetylenes is 1.